The number of carbonyl (C=O) groups excluding carboxylic acids is 1. The number of aromatic carboxylic acids is 1. The number of rotatable bonds is 4. The molecular formula is C18H9Cl4F4NO3. The smallest absolute Gasteiger partial charge is 0.417 e. The summed E-state index contributed by atoms with van der Waals surface area (Å²) in [5, 5.41) is 10.1. The maximum atomic E-state index is 13.4. The third-order valence-electron chi connectivity index (χ3n) is 4.51. The van der Waals surface area contributed by atoms with Crippen LogP contribution in [0.5, 0.6) is 0 Å². The van der Waals surface area contributed by atoms with Crippen molar-refractivity contribution in [1.29, 1.82) is 0 Å². The van der Waals surface area contributed by atoms with Gasteiger partial charge in [-0.1, -0.05) is 29.3 Å². The molecule has 2 unspecified atom stereocenters. The predicted octanol–water partition coefficient (Wildman–Crippen LogP) is 6.38. The number of hydrogen-bond donors (Lipinski definition) is 2. The minimum absolute atomic E-state index is 0.221. The average molecular weight is 505 g/mol. The Hall–Kier alpha value is -1.74. The highest BCUT2D eigenvalue weighted by Crippen LogP contribution is 2.65. The molecule has 4 nitrogen and oxygen atoms in total. The second kappa shape index (κ2) is 7.75. The SMILES string of the molecule is O=C(O)c1cc(NC(=O)C2C(c3ccc(F)c(Cl)c3)C2(Cl)Cl)cc(C(F)(F)F)c1Cl. The maximum Gasteiger partial charge on any atom is 0.417 e. The molecule has 1 aliphatic rings. The van der Waals surface area contributed by atoms with E-state index >= 15 is 0 Å². The van der Waals surface area contributed by atoms with Crippen molar-refractivity contribution in [3.05, 3.63) is 62.9 Å². The monoisotopic (exact) mass is 503 g/mol. The molecule has 1 saturated carbocycles. The summed E-state index contributed by atoms with van der Waals surface area (Å²) >= 11 is 23.6. The summed E-state index contributed by atoms with van der Waals surface area (Å²) in [5.74, 6) is -5.19. The molecule has 0 heterocycles. The van der Waals surface area contributed by atoms with E-state index in [2.05, 4.69) is 5.32 Å². The topological polar surface area (TPSA) is 66.4 Å². The Morgan fingerprint density at radius 2 is 1.73 bits per heavy atom. The van der Waals surface area contributed by atoms with Crippen LogP contribution in [0.25, 0.3) is 0 Å². The van der Waals surface area contributed by atoms with Crippen LogP contribution in [0, 0.1) is 11.7 Å². The second-order valence-electron chi connectivity index (χ2n) is 6.48. The van der Waals surface area contributed by atoms with Crippen molar-refractivity contribution in [3.63, 3.8) is 0 Å². The van der Waals surface area contributed by atoms with Crippen LogP contribution in [0.15, 0.2) is 30.3 Å². The summed E-state index contributed by atoms with van der Waals surface area (Å²) in [4.78, 5) is 23.8. The van der Waals surface area contributed by atoms with Crippen molar-refractivity contribution in [1.82, 2.24) is 0 Å². The van der Waals surface area contributed by atoms with E-state index in [1.54, 1.807) is 0 Å². The molecule has 1 amide bonds. The maximum absolute atomic E-state index is 13.4. The highest BCUT2D eigenvalue weighted by atomic mass is 35.5. The van der Waals surface area contributed by atoms with Gasteiger partial charge in [-0.25, -0.2) is 9.18 Å². The van der Waals surface area contributed by atoms with Crippen LogP contribution in [0.1, 0.15) is 27.4 Å². The summed E-state index contributed by atoms with van der Waals surface area (Å²) in [5.41, 5.74) is -2.38. The predicted molar refractivity (Wildman–Crippen MR) is 104 cm³/mol. The van der Waals surface area contributed by atoms with Crippen LogP contribution < -0.4 is 5.32 Å². The van der Waals surface area contributed by atoms with Gasteiger partial charge in [0.25, 0.3) is 0 Å². The van der Waals surface area contributed by atoms with Gasteiger partial charge in [0.05, 0.1) is 27.1 Å². The molecular weight excluding hydrogens is 496 g/mol. The molecule has 0 spiro atoms. The molecule has 0 radical (unpaired) electrons. The van der Waals surface area contributed by atoms with Crippen LogP contribution in [0.4, 0.5) is 23.2 Å². The Morgan fingerprint density at radius 1 is 1.10 bits per heavy atom. The molecule has 2 atom stereocenters. The summed E-state index contributed by atoms with van der Waals surface area (Å²) in [7, 11) is 0. The van der Waals surface area contributed by atoms with Gasteiger partial charge in [0.2, 0.25) is 5.91 Å². The van der Waals surface area contributed by atoms with E-state index in [1.165, 1.54) is 12.1 Å². The van der Waals surface area contributed by atoms with Gasteiger partial charge in [0, 0.05) is 11.6 Å². The van der Waals surface area contributed by atoms with Crippen molar-refractivity contribution >= 4 is 64.0 Å². The molecule has 12 heteroatoms. The molecule has 2 aromatic carbocycles. The number of carboxylic acids is 1. The number of amides is 1. The molecule has 1 aliphatic carbocycles. The van der Waals surface area contributed by atoms with E-state index in [0.717, 1.165) is 12.1 Å². The number of halogens is 8. The third kappa shape index (κ3) is 4.19. The minimum Gasteiger partial charge on any atom is -0.478 e. The number of nitrogens with one attached hydrogen (secondary N) is 1. The van der Waals surface area contributed by atoms with E-state index in [0.29, 0.717) is 11.6 Å². The zero-order valence-corrected chi connectivity index (χ0v) is 17.4. The first-order valence-electron chi connectivity index (χ1n) is 8.02. The van der Waals surface area contributed by atoms with E-state index in [4.69, 9.17) is 51.5 Å². The van der Waals surface area contributed by atoms with Crippen molar-refractivity contribution in [2.75, 3.05) is 5.32 Å². The number of alkyl halides is 5. The Labute approximate surface area is 186 Å². The lowest BCUT2D eigenvalue weighted by atomic mass is 10.1. The number of hydrogen-bond acceptors (Lipinski definition) is 2. The second-order valence-corrected chi connectivity index (χ2v) is 8.71. The number of carbonyl (C=O) groups is 2. The van der Waals surface area contributed by atoms with E-state index in [9.17, 15) is 27.2 Å². The first kappa shape index (κ1) is 22.9. The van der Waals surface area contributed by atoms with Gasteiger partial charge in [-0.3, -0.25) is 4.79 Å². The molecule has 2 aromatic rings. The lowest BCUT2D eigenvalue weighted by Gasteiger charge is -2.14. The van der Waals surface area contributed by atoms with Crippen molar-refractivity contribution in [3.8, 4) is 0 Å². The van der Waals surface area contributed by atoms with E-state index < -0.39 is 61.9 Å². The van der Waals surface area contributed by atoms with Crippen LogP contribution >= 0.6 is 46.4 Å². The number of carboxylic acid groups (broad SMARTS) is 1. The fraction of sp³-hybridized carbons (Fsp3) is 0.222. The highest BCUT2D eigenvalue weighted by Gasteiger charge is 2.67. The zero-order valence-electron chi connectivity index (χ0n) is 14.3. The zero-order chi connectivity index (χ0) is 22.6. The van der Waals surface area contributed by atoms with Crippen molar-refractivity contribution < 1.29 is 32.3 Å². The molecule has 1 fully saturated rings. The summed E-state index contributed by atoms with van der Waals surface area (Å²) in [6, 6.07) is 4.91. The Bertz CT molecular complexity index is 1060. The van der Waals surface area contributed by atoms with Gasteiger partial charge < -0.3 is 10.4 Å². The van der Waals surface area contributed by atoms with Gasteiger partial charge in [-0.05, 0) is 29.8 Å². The molecule has 0 aliphatic heterocycles. The lowest BCUT2D eigenvalue weighted by molar-refractivity contribution is -0.137. The van der Waals surface area contributed by atoms with Crippen molar-refractivity contribution in [2.24, 2.45) is 5.92 Å². The Balaban J connectivity index is 1.91. The van der Waals surface area contributed by atoms with Gasteiger partial charge in [0.15, 0.2) is 0 Å². The fourth-order valence-electron chi connectivity index (χ4n) is 3.05. The standard InChI is InChI=1S/C18H9Cl4F4NO3/c19-10-3-6(1-2-11(10)23)12-13(17(12,21)22)15(28)27-7-4-8(16(29)30)14(20)9(5-7)18(24,25)26/h1-5,12-13H,(H,27,28)(H,29,30). The van der Waals surface area contributed by atoms with Gasteiger partial charge >= 0.3 is 12.1 Å². The summed E-state index contributed by atoms with van der Waals surface area (Å²) in [6.45, 7) is 0. The molecule has 0 saturated heterocycles. The van der Waals surface area contributed by atoms with Gasteiger partial charge in [-0.15, -0.1) is 23.2 Å². The Kier molecular flexibility index (Phi) is 5.92. The lowest BCUT2D eigenvalue weighted by Crippen LogP contribution is -2.19. The Morgan fingerprint density at radius 3 is 2.27 bits per heavy atom. The largest absolute Gasteiger partial charge is 0.478 e. The summed E-state index contributed by atoms with van der Waals surface area (Å²) in [6.07, 6.45) is -4.96. The molecule has 0 aromatic heterocycles. The number of benzene rings is 2. The minimum atomic E-state index is -4.96. The summed E-state index contributed by atoms with van der Waals surface area (Å²) < 4.78 is 51.3. The normalized spacial score (nSPS) is 20.0. The van der Waals surface area contributed by atoms with E-state index in [-0.39, 0.29) is 5.02 Å². The van der Waals surface area contributed by atoms with Crippen molar-refractivity contribution in [2.45, 2.75) is 16.4 Å². The first-order valence-corrected chi connectivity index (χ1v) is 9.54. The first-order chi connectivity index (χ1) is 13.7. The number of anilines is 1. The molecule has 0 bridgehead atoms. The fourth-order valence-corrected chi connectivity index (χ4v) is 4.37. The van der Waals surface area contributed by atoms with E-state index in [1.807, 2.05) is 0 Å². The quantitative estimate of drug-likeness (QED) is 0.375. The van der Waals surface area contributed by atoms with Crippen LogP contribution in [-0.4, -0.2) is 21.3 Å². The molecule has 160 valence electrons. The average Bonchev–Trinajstić information content (AvgIpc) is 3.19. The van der Waals surface area contributed by atoms with Gasteiger partial charge in [-0.2, -0.15) is 13.2 Å². The molecule has 3 rings (SSSR count). The van der Waals surface area contributed by atoms with Crippen LogP contribution in [0.3, 0.4) is 0 Å². The van der Waals surface area contributed by atoms with Gasteiger partial charge in [0.1, 0.15) is 10.2 Å². The van der Waals surface area contributed by atoms with Crippen LogP contribution in [0.2, 0.25) is 10.0 Å². The molecule has 30 heavy (non-hydrogen) atoms. The highest BCUT2D eigenvalue weighted by molar-refractivity contribution is 6.53. The van der Waals surface area contributed by atoms with Crippen LogP contribution in [-0.2, 0) is 11.0 Å². The molecule has 2 N–H and O–H groups in total. The third-order valence-corrected chi connectivity index (χ3v) is 6.15.